The predicted octanol–water partition coefficient (Wildman–Crippen LogP) is 18.7. The topological polar surface area (TPSA) is 78.9 Å². The third-order valence-corrected chi connectivity index (χ3v) is 12.3. The van der Waals surface area contributed by atoms with Crippen molar-refractivity contribution in [1.29, 1.82) is 0 Å². The maximum atomic E-state index is 12.8. The fraction of sp³-hybridized carbons (Fsp3) is 0.814. The number of allylic oxidation sites excluding steroid dienone is 8. The Morgan fingerprint density at radius 3 is 0.954 bits per heavy atom. The molecule has 0 aliphatic heterocycles. The summed E-state index contributed by atoms with van der Waals surface area (Å²) in [6.45, 7) is 6.53. The third kappa shape index (κ3) is 52.2. The van der Waals surface area contributed by atoms with Crippen LogP contribution in [0.4, 0.5) is 0 Å². The average Bonchev–Trinajstić information content (AvgIpc) is 3.30. The lowest BCUT2D eigenvalue weighted by Gasteiger charge is -2.18. The molecule has 0 saturated carbocycles. The van der Waals surface area contributed by atoms with E-state index in [0.717, 1.165) is 109 Å². The second kappa shape index (κ2) is 54.0. The smallest absolute Gasteiger partial charge is 0.306 e. The molecule has 0 fully saturated rings. The maximum Gasteiger partial charge on any atom is 0.306 e. The highest BCUT2D eigenvalue weighted by molar-refractivity contribution is 5.71. The fourth-order valence-electron chi connectivity index (χ4n) is 8.10. The van der Waals surface area contributed by atoms with E-state index < -0.39 is 6.10 Å². The molecular weight excluding hydrogens is 805 g/mol. The summed E-state index contributed by atoms with van der Waals surface area (Å²) in [5.74, 6) is -0.892. The van der Waals surface area contributed by atoms with E-state index in [2.05, 4.69) is 69.4 Å². The van der Waals surface area contributed by atoms with E-state index in [-0.39, 0.29) is 31.1 Å². The van der Waals surface area contributed by atoms with Gasteiger partial charge in [-0.25, -0.2) is 0 Å². The van der Waals surface area contributed by atoms with Crippen molar-refractivity contribution >= 4 is 17.9 Å². The van der Waals surface area contributed by atoms with Gasteiger partial charge in [0.2, 0.25) is 0 Å². The van der Waals surface area contributed by atoms with Gasteiger partial charge in [-0.05, 0) is 77.0 Å². The minimum Gasteiger partial charge on any atom is -0.462 e. The first kappa shape index (κ1) is 62.4. The van der Waals surface area contributed by atoms with Crippen molar-refractivity contribution in [3.05, 3.63) is 48.6 Å². The van der Waals surface area contributed by atoms with Crippen LogP contribution in [-0.4, -0.2) is 37.2 Å². The molecule has 0 heterocycles. The molecule has 0 N–H and O–H groups in total. The van der Waals surface area contributed by atoms with Crippen LogP contribution in [0.15, 0.2) is 48.6 Å². The van der Waals surface area contributed by atoms with Crippen LogP contribution in [0.3, 0.4) is 0 Å². The van der Waals surface area contributed by atoms with Crippen molar-refractivity contribution < 1.29 is 28.6 Å². The number of rotatable bonds is 51. The summed E-state index contributed by atoms with van der Waals surface area (Å²) in [4.78, 5) is 38.1. The van der Waals surface area contributed by atoms with Crippen LogP contribution in [0.1, 0.15) is 290 Å². The molecule has 6 heteroatoms. The predicted molar refractivity (Wildman–Crippen MR) is 279 cm³/mol. The first-order valence-electron chi connectivity index (χ1n) is 28.1. The molecule has 65 heavy (non-hydrogen) atoms. The van der Waals surface area contributed by atoms with Crippen molar-refractivity contribution in [2.24, 2.45) is 0 Å². The van der Waals surface area contributed by atoms with Crippen LogP contribution in [0.2, 0.25) is 0 Å². The lowest BCUT2D eigenvalue weighted by Crippen LogP contribution is -2.30. The molecule has 0 unspecified atom stereocenters. The summed E-state index contributed by atoms with van der Waals surface area (Å²) in [5, 5.41) is 0. The molecule has 0 aliphatic carbocycles. The van der Waals surface area contributed by atoms with Crippen molar-refractivity contribution in [1.82, 2.24) is 0 Å². The minimum absolute atomic E-state index is 0.0791. The van der Waals surface area contributed by atoms with Gasteiger partial charge >= 0.3 is 17.9 Å². The Morgan fingerprint density at radius 2 is 0.600 bits per heavy atom. The lowest BCUT2D eigenvalue weighted by atomic mass is 10.0. The van der Waals surface area contributed by atoms with Gasteiger partial charge in [0.15, 0.2) is 6.10 Å². The first-order valence-corrected chi connectivity index (χ1v) is 28.1. The number of esters is 3. The number of unbranched alkanes of at least 4 members (excludes halogenated alkanes) is 32. The highest BCUT2D eigenvalue weighted by Crippen LogP contribution is 2.16. The van der Waals surface area contributed by atoms with E-state index >= 15 is 0 Å². The zero-order valence-electron chi connectivity index (χ0n) is 43.3. The van der Waals surface area contributed by atoms with Crippen LogP contribution in [0.25, 0.3) is 0 Å². The summed E-state index contributed by atoms with van der Waals surface area (Å²) < 4.78 is 16.8. The highest BCUT2D eigenvalue weighted by atomic mass is 16.6. The van der Waals surface area contributed by atoms with E-state index in [0.29, 0.717) is 19.3 Å². The van der Waals surface area contributed by atoms with Crippen LogP contribution < -0.4 is 0 Å². The second-order valence-electron chi connectivity index (χ2n) is 18.8. The molecular formula is C59H106O6. The van der Waals surface area contributed by atoms with E-state index in [9.17, 15) is 14.4 Å². The monoisotopic (exact) mass is 911 g/mol. The highest BCUT2D eigenvalue weighted by Gasteiger charge is 2.19. The molecule has 0 aromatic heterocycles. The molecule has 0 rings (SSSR count). The molecule has 0 amide bonds. The number of hydrogen-bond donors (Lipinski definition) is 0. The van der Waals surface area contributed by atoms with Crippen molar-refractivity contribution in [2.45, 2.75) is 297 Å². The Hall–Kier alpha value is -2.63. The summed E-state index contributed by atoms with van der Waals surface area (Å²) in [5.41, 5.74) is 0. The first-order chi connectivity index (χ1) is 32.0. The van der Waals surface area contributed by atoms with E-state index in [1.807, 2.05) is 0 Å². The number of hydrogen-bond acceptors (Lipinski definition) is 6. The normalized spacial score (nSPS) is 12.4. The minimum atomic E-state index is -0.782. The van der Waals surface area contributed by atoms with Gasteiger partial charge < -0.3 is 14.2 Å². The van der Waals surface area contributed by atoms with Crippen LogP contribution in [-0.2, 0) is 28.6 Å². The molecule has 0 aliphatic rings. The summed E-state index contributed by atoms with van der Waals surface area (Å²) >= 11 is 0. The van der Waals surface area contributed by atoms with Crippen LogP contribution in [0.5, 0.6) is 0 Å². The second-order valence-corrected chi connectivity index (χ2v) is 18.8. The number of carbonyl (C=O) groups excluding carboxylic acids is 3. The Bertz CT molecular complexity index is 1140. The molecule has 0 saturated heterocycles. The van der Waals surface area contributed by atoms with Gasteiger partial charge in [-0.2, -0.15) is 0 Å². The average molecular weight is 911 g/mol. The number of carbonyl (C=O) groups is 3. The molecule has 0 aromatic rings. The summed E-state index contributed by atoms with van der Waals surface area (Å²) in [6, 6.07) is 0. The van der Waals surface area contributed by atoms with Crippen molar-refractivity contribution in [3.63, 3.8) is 0 Å². The van der Waals surface area contributed by atoms with Gasteiger partial charge in [0.05, 0.1) is 0 Å². The van der Waals surface area contributed by atoms with Gasteiger partial charge in [0, 0.05) is 19.3 Å². The largest absolute Gasteiger partial charge is 0.462 e. The van der Waals surface area contributed by atoms with Gasteiger partial charge in [0.1, 0.15) is 13.2 Å². The van der Waals surface area contributed by atoms with Crippen molar-refractivity contribution in [3.8, 4) is 0 Å². The van der Waals surface area contributed by atoms with Gasteiger partial charge in [-0.3, -0.25) is 14.4 Å². The molecule has 0 bridgehead atoms. The molecule has 6 nitrogen and oxygen atoms in total. The van der Waals surface area contributed by atoms with Crippen LogP contribution in [0, 0.1) is 0 Å². The fourth-order valence-corrected chi connectivity index (χ4v) is 8.10. The maximum absolute atomic E-state index is 12.8. The molecule has 1 atom stereocenters. The third-order valence-electron chi connectivity index (χ3n) is 12.3. The summed E-state index contributed by atoms with van der Waals surface area (Å²) in [6.07, 6.45) is 65.2. The Labute approximate surface area is 403 Å². The quantitative estimate of drug-likeness (QED) is 0.0262. The van der Waals surface area contributed by atoms with Gasteiger partial charge in [-0.15, -0.1) is 0 Å². The SMILES string of the molecule is CC/C=C\C/C=C\C/C=C\CCCCCCCC(=O)OC[C@H](COC(=O)CCCCCCCCCCCCCCCCCCC)OC(=O)CCCCCCC/C=C\CCCCCCCC. The van der Waals surface area contributed by atoms with Gasteiger partial charge in [0.25, 0.3) is 0 Å². The van der Waals surface area contributed by atoms with E-state index in [1.165, 1.54) is 141 Å². The standard InChI is InChI=1S/C59H106O6/c1-4-7-10-13-16-19-22-25-28-29-32-34-37-40-43-46-49-52-58(61)64-55-56(65-59(62)53-50-47-44-41-38-35-31-27-24-21-18-15-12-9-6-3)54-63-57(60)51-48-45-42-39-36-33-30-26-23-20-17-14-11-8-5-2/h8,11,17,20,26-27,30-31,56H,4-7,9-10,12-16,18-19,21-25,28-29,32-55H2,1-3H3/b11-8-,20-17-,30-26-,31-27-/t56-/m1/s1. The zero-order chi connectivity index (χ0) is 47.2. The van der Waals surface area contributed by atoms with Crippen LogP contribution >= 0.6 is 0 Å². The lowest BCUT2D eigenvalue weighted by molar-refractivity contribution is -0.167. The summed E-state index contributed by atoms with van der Waals surface area (Å²) in [7, 11) is 0. The van der Waals surface area contributed by atoms with E-state index in [1.54, 1.807) is 0 Å². The number of ether oxygens (including phenoxy) is 3. The Balaban J connectivity index is 4.38. The molecule has 378 valence electrons. The van der Waals surface area contributed by atoms with Crippen molar-refractivity contribution in [2.75, 3.05) is 13.2 Å². The zero-order valence-corrected chi connectivity index (χ0v) is 43.3. The van der Waals surface area contributed by atoms with Gasteiger partial charge in [-0.1, -0.05) is 243 Å². The van der Waals surface area contributed by atoms with E-state index in [4.69, 9.17) is 14.2 Å². The Kier molecular flexibility index (Phi) is 51.8. The Morgan fingerprint density at radius 1 is 0.323 bits per heavy atom. The molecule has 0 radical (unpaired) electrons. The molecule has 0 spiro atoms. The molecule has 0 aromatic carbocycles.